The zero-order valence-electron chi connectivity index (χ0n) is 19.1. The topological polar surface area (TPSA) is 105 Å². The van der Waals surface area contributed by atoms with E-state index in [1.807, 2.05) is 31.2 Å². The third-order valence-electron chi connectivity index (χ3n) is 5.57. The predicted octanol–water partition coefficient (Wildman–Crippen LogP) is 2.70. The summed E-state index contributed by atoms with van der Waals surface area (Å²) in [4.78, 5) is 24.6. The van der Waals surface area contributed by atoms with Crippen LogP contribution < -0.4 is 14.4 Å². The van der Waals surface area contributed by atoms with Crippen LogP contribution in [0.15, 0.2) is 72.0 Å². The Morgan fingerprint density at radius 1 is 1.06 bits per heavy atom. The van der Waals surface area contributed by atoms with Crippen molar-refractivity contribution in [3.63, 3.8) is 0 Å². The highest BCUT2D eigenvalue weighted by molar-refractivity contribution is 7.92. The molecule has 9 nitrogen and oxygen atoms in total. The highest BCUT2D eigenvalue weighted by atomic mass is 32.2. The zero-order chi connectivity index (χ0) is 24.1. The first-order valence-corrected chi connectivity index (χ1v) is 12.5. The zero-order valence-corrected chi connectivity index (χ0v) is 19.9. The molecule has 1 amide bonds. The van der Waals surface area contributed by atoms with E-state index < -0.39 is 16.1 Å². The third-order valence-corrected chi connectivity index (χ3v) is 6.95. The number of nitrogens with zero attached hydrogens (tertiary/aromatic N) is 4. The molecule has 2 heterocycles. The standard InChI is InChI=1S/C24H27N5O4S/c1-18-4-3-5-21(16-18)33-19(2)24(30)29-14-12-28(13-15-29)20-6-8-22(9-7-20)34(31,32)27-23-10-11-25-17-26-23/h3-11,16-17,19H,12-15H2,1-2H3,(H,25,26,27). The van der Waals surface area contributed by atoms with Gasteiger partial charge in [0.2, 0.25) is 0 Å². The first-order valence-electron chi connectivity index (χ1n) is 11.0. The van der Waals surface area contributed by atoms with E-state index in [1.165, 1.54) is 18.6 Å². The molecule has 1 aliphatic heterocycles. The lowest BCUT2D eigenvalue weighted by Crippen LogP contribution is -2.52. The molecule has 4 rings (SSSR count). The molecule has 0 bridgehead atoms. The Morgan fingerprint density at radius 2 is 1.79 bits per heavy atom. The van der Waals surface area contributed by atoms with Crippen molar-refractivity contribution in [2.45, 2.75) is 24.8 Å². The summed E-state index contributed by atoms with van der Waals surface area (Å²) < 4.78 is 33.4. The maximum atomic E-state index is 12.8. The molecule has 178 valence electrons. The number of anilines is 2. The average Bonchev–Trinajstić information content (AvgIpc) is 2.84. The van der Waals surface area contributed by atoms with Crippen LogP contribution >= 0.6 is 0 Å². The first kappa shape index (κ1) is 23.5. The second-order valence-corrected chi connectivity index (χ2v) is 9.77. The largest absolute Gasteiger partial charge is 0.481 e. The Labute approximate surface area is 199 Å². The summed E-state index contributed by atoms with van der Waals surface area (Å²) >= 11 is 0. The Balaban J connectivity index is 1.32. The second kappa shape index (κ2) is 10.1. The molecule has 1 unspecified atom stereocenters. The number of piperazine rings is 1. The average molecular weight is 482 g/mol. The quantitative estimate of drug-likeness (QED) is 0.553. The first-order chi connectivity index (χ1) is 16.3. The van der Waals surface area contributed by atoms with E-state index in [4.69, 9.17) is 4.74 Å². The fourth-order valence-electron chi connectivity index (χ4n) is 3.77. The van der Waals surface area contributed by atoms with Crippen LogP contribution in [0.1, 0.15) is 12.5 Å². The van der Waals surface area contributed by atoms with Crippen LogP contribution in [0.5, 0.6) is 5.75 Å². The molecule has 1 aromatic heterocycles. The highest BCUT2D eigenvalue weighted by Crippen LogP contribution is 2.22. The Bertz CT molecular complexity index is 1230. The number of sulfonamides is 1. The van der Waals surface area contributed by atoms with Crippen molar-refractivity contribution in [3.8, 4) is 5.75 Å². The molecule has 0 saturated carbocycles. The van der Waals surface area contributed by atoms with Crippen molar-refractivity contribution < 1.29 is 17.9 Å². The van der Waals surface area contributed by atoms with Gasteiger partial charge >= 0.3 is 0 Å². The van der Waals surface area contributed by atoms with E-state index in [-0.39, 0.29) is 16.6 Å². The van der Waals surface area contributed by atoms with Crippen molar-refractivity contribution in [3.05, 3.63) is 72.7 Å². The van der Waals surface area contributed by atoms with Gasteiger partial charge in [-0.1, -0.05) is 12.1 Å². The smallest absolute Gasteiger partial charge is 0.263 e. The van der Waals surface area contributed by atoms with Gasteiger partial charge in [-0.05, 0) is 61.9 Å². The number of hydrogen-bond donors (Lipinski definition) is 1. The van der Waals surface area contributed by atoms with Gasteiger partial charge in [-0.3, -0.25) is 9.52 Å². The molecule has 1 fully saturated rings. The minimum Gasteiger partial charge on any atom is -0.481 e. The molecule has 1 saturated heterocycles. The van der Waals surface area contributed by atoms with Crippen molar-refractivity contribution in [2.24, 2.45) is 0 Å². The Kier molecular flexibility index (Phi) is 6.97. The third kappa shape index (κ3) is 5.63. The molecular weight excluding hydrogens is 454 g/mol. The molecular formula is C24H27N5O4S. The number of carbonyl (C=O) groups excluding carboxylic acids is 1. The van der Waals surface area contributed by atoms with Crippen LogP contribution in [0, 0.1) is 6.92 Å². The van der Waals surface area contributed by atoms with E-state index in [2.05, 4.69) is 19.6 Å². The molecule has 1 atom stereocenters. The molecule has 0 spiro atoms. The van der Waals surface area contributed by atoms with Crippen molar-refractivity contribution in [1.82, 2.24) is 14.9 Å². The fraction of sp³-hybridized carbons (Fsp3) is 0.292. The number of amides is 1. The lowest BCUT2D eigenvalue weighted by Gasteiger charge is -2.37. The number of carbonyl (C=O) groups is 1. The van der Waals surface area contributed by atoms with Gasteiger partial charge in [0.25, 0.3) is 15.9 Å². The lowest BCUT2D eigenvalue weighted by molar-refractivity contribution is -0.138. The van der Waals surface area contributed by atoms with Gasteiger partial charge in [0, 0.05) is 38.1 Å². The van der Waals surface area contributed by atoms with Gasteiger partial charge < -0.3 is 14.5 Å². The van der Waals surface area contributed by atoms with Crippen LogP contribution in [-0.4, -0.2) is 61.5 Å². The van der Waals surface area contributed by atoms with E-state index >= 15 is 0 Å². The van der Waals surface area contributed by atoms with Gasteiger partial charge in [0.15, 0.2) is 6.10 Å². The van der Waals surface area contributed by atoms with Gasteiger partial charge in [-0.15, -0.1) is 0 Å². The SMILES string of the molecule is Cc1cccc(OC(C)C(=O)N2CCN(c3ccc(S(=O)(=O)Nc4ccncn4)cc3)CC2)c1. The molecule has 1 aliphatic rings. The predicted molar refractivity (Wildman–Crippen MR) is 129 cm³/mol. The van der Waals surface area contributed by atoms with Crippen LogP contribution in [0.4, 0.5) is 11.5 Å². The summed E-state index contributed by atoms with van der Waals surface area (Å²) in [5.41, 5.74) is 1.98. The summed E-state index contributed by atoms with van der Waals surface area (Å²) in [6.45, 7) is 6.18. The summed E-state index contributed by atoms with van der Waals surface area (Å²) in [5, 5.41) is 0. The summed E-state index contributed by atoms with van der Waals surface area (Å²) in [7, 11) is -3.74. The van der Waals surface area contributed by atoms with Crippen molar-refractivity contribution >= 4 is 27.4 Å². The van der Waals surface area contributed by atoms with Crippen LogP contribution in [0.3, 0.4) is 0 Å². The van der Waals surface area contributed by atoms with Gasteiger partial charge in [-0.2, -0.15) is 0 Å². The minimum atomic E-state index is -3.74. The molecule has 0 radical (unpaired) electrons. The van der Waals surface area contributed by atoms with Crippen LogP contribution in [0.25, 0.3) is 0 Å². The maximum Gasteiger partial charge on any atom is 0.263 e. The second-order valence-electron chi connectivity index (χ2n) is 8.08. The molecule has 1 N–H and O–H groups in total. The number of hydrogen-bond acceptors (Lipinski definition) is 7. The van der Waals surface area contributed by atoms with Crippen LogP contribution in [0.2, 0.25) is 0 Å². The summed E-state index contributed by atoms with van der Waals surface area (Å²) in [5.74, 6) is 0.850. The number of aryl methyl sites for hydroxylation is 1. The van der Waals surface area contributed by atoms with Gasteiger partial charge in [0.1, 0.15) is 17.9 Å². The maximum absolute atomic E-state index is 12.8. The Hall–Kier alpha value is -3.66. The van der Waals surface area contributed by atoms with Gasteiger partial charge in [0.05, 0.1) is 4.90 Å². The van der Waals surface area contributed by atoms with E-state index in [1.54, 1.807) is 36.1 Å². The molecule has 0 aliphatic carbocycles. The summed E-state index contributed by atoms with van der Waals surface area (Å²) in [6, 6.07) is 15.8. The number of ether oxygens (including phenoxy) is 1. The van der Waals surface area contributed by atoms with E-state index in [0.717, 1.165) is 11.3 Å². The highest BCUT2D eigenvalue weighted by Gasteiger charge is 2.26. The number of nitrogens with one attached hydrogen (secondary N) is 1. The number of aromatic nitrogens is 2. The normalized spacial score (nSPS) is 15.0. The van der Waals surface area contributed by atoms with Crippen molar-refractivity contribution in [2.75, 3.05) is 35.8 Å². The summed E-state index contributed by atoms with van der Waals surface area (Å²) in [6.07, 6.45) is 2.18. The fourth-order valence-corrected chi connectivity index (χ4v) is 4.78. The number of benzene rings is 2. The molecule has 34 heavy (non-hydrogen) atoms. The van der Waals surface area contributed by atoms with E-state index in [0.29, 0.717) is 31.9 Å². The molecule has 2 aromatic carbocycles. The monoisotopic (exact) mass is 481 g/mol. The Morgan fingerprint density at radius 3 is 2.44 bits per heavy atom. The molecule has 10 heteroatoms. The lowest BCUT2D eigenvalue weighted by atomic mass is 10.2. The van der Waals surface area contributed by atoms with Crippen LogP contribution in [-0.2, 0) is 14.8 Å². The molecule has 3 aromatic rings. The minimum absolute atomic E-state index is 0.0432. The van der Waals surface area contributed by atoms with Gasteiger partial charge in [-0.25, -0.2) is 18.4 Å². The van der Waals surface area contributed by atoms with Crippen molar-refractivity contribution in [1.29, 1.82) is 0 Å². The number of rotatable bonds is 7. The van der Waals surface area contributed by atoms with E-state index in [9.17, 15) is 13.2 Å².